The third kappa shape index (κ3) is 10.5. The van der Waals surface area contributed by atoms with Crippen LogP contribution in [-0.2, 0) is 16.6 Å². The quantitative estimate of drug-likeness (QED) is 0.241. The predicted molar refractivity (Wildman–Crippen MR) is 113 cm³/mol. The minimum atomic E-state index is -3.13. The van der Waals surface area contributed by atoms with E-state index in [9.17, 15) is 8.42 Å². The molecule has 9 heteroatoms. The lowest BCUT2D eigenvalue weighted by atomic mass is 10.2. The molecule has 25 heavy (non-hydrogen) atoms. The number of hydrogen-bond acceptors (Lipinski definition) is 4. The van der Waals surface area contributed by atoms with Gasteiger partial charge in [0.25, 0.3) is 0 Å². The van der Waals surface area contributed by atoms with Crippen LogP contribution in [-0.4, -0.2) is 59.3 Å². The summed E-state index contributed by atoms with van der Waals surface area (Å²) in [6.07, 6.45) is 1.81. The summed E-state index contributed by atoms with van der Waals surface area (Å²) in [4.78, 5) is 6.57. The fraction of sp³-hybridized carbons (Fsp3) is 0.562. The lowest BCUT2D eigenvalue weighted by molar-refractivity contribution is 0.414. The number of sulfonamides is 1. The van der Waals surface area contributed by atoms with E-state index in [1.165, 1.54) is 0 Å². The Morgan fingerprint density at radius 3 is 2.44 bits per heavy atom. The van der Waals surface area contributed by atoms with Crippen molar-refractivity contribution < 1.29 is 13.2 Å². The Morgan fingerprint density at radius 2 is 1.92 bits per heavy atom. The van der Waals surface area contributed by atoms with Gasteiger partial charge in [0.2, 0.25) is 10.0 Å². The minimum absolute atomic E-state index is 0. The molecule has 0 heterocycles. The molecule has 0 aromatic heterocycles. The van der Waals surface area contributed by atoms with Crippen molar-refractivity contribution in [2.24, 2.45) is 4.99 Å². The predicted octanol–water partition coefficient (Wildman–Crippen LogP) is 1.65. The second-order valence-corrected chi connectivity index (χ2v) is 7.29. The number of halogens is 1. The van der Waals surface area contributed by atoms with Crippen LogP contribution in [0.25, 0.3) is 0 Å². The zero-order valence-corrected chi connectivity index (χ0v) is 18.4. The van der Waals surface area contributed by atoms with Crippen molar-refractivity contribution in [3.63, 3.8) is 0 Å². The molecule has 0 aliphatic rings. The van der Waals surface area contributed by atoms with Crippen molar-refractivity contribution in [2.75, 3.05) is 40.0 Å². The third-order valence-corrected chi connectivity index (χ3v) is 3.96. The van der Waals surface area contributed by atoms with Gasteiger partial charge in [-0.1, -0.05) is 12.1 Å². The van der Waals surface area contributed by atoms with Crippen LogP contribution >= 0.6 is 24.0 Å². The zero-order valence-electron chi connectivity index (χ0n) is 15.3. The van der Waals surface area contributed by atoms with Crippen LogP contribution in [0.5, 0.6) is 5.75 Å². The van der Waals surface area contributed by atoms with Crippen LogP contribution in [0.2, 0.25) is 0 Å². The molecule has 7 nitrogen and oxygen atoms in total. The number of nitrogens with one attached hydrogen (secondary N) is 2. The fourth-order valence-corrected chi connectivity index (χ4v) is 2.59. The lowest BCUT2D eigenvalue weighted by Gasteiger charge is -2.22. The fourth-order valence-electron chi connectivity index (χ4n) is 2.07. The Kier molecular flexibility index (Phi) is 11.8. The van der Waals surface area contributed by atoms with Gasteiger partial charge in [-0.25, -0.2) is 13.1 Å². The first-order valence-corrected chi connectivity index (χ1v) is 9.82. The Hall–Kier alpha value is -1.07. The molecule has 0 fully saturated rings. The molecular formula is C16H29IN4O3S. The normalized spacial score (nSPS) is 11.6. The Bertz CT molecular complexity index is 621. The molecule has 0 amide bonds. The van der Waals surface area contributed by atoms with E-state index in [0.29, 0.717) is 19.5 Å². The maximum Gasteiger partial charge on any atom is 0.208 e. The topological polar surface area (TPSA) is 83.0 Å². The van der Waals surface area contributed by atoms with Gasteiger partial charge in [0, 0.05) is 33.2 Å². The Labute approximate surface area is 168 Å². The SMILES string of the molecule is CCNC(=NCCCNS(C)(=O)=O)N(C)Cc1ccc(OC)cc1.I. The van der Waals surface area contributed by atoms with Gasteiger partial charge >= 0.3 is 0 Å². The molecule has 2 N–H and O–H groups in total. The minimum Gasteiger partial charge on any atom is -0.497 e. The highest BCUT2D eigenvalue weighted by atomic mass is 127. The van der Waals surface area contributed by atoms with Gasteiger partial charge in [-0.2, -0.15) is 0 Å². The van der Waals surface area contributed by atoms with E-state index >= 15 is 0 Å². The van der Waals surface area contributed by atoms with E-state index in [1.807, 2.05) is 43.1 Å². The molecule has 0 unspecified atom stereocenters. The van der Waals surface area contributed by atoms with Gasteiger partial charge in [0.05, 0.1) is 13.4 Å². The van der Waals surface area contributed by atoms with Crippen molar-refractivity contribution in [1.29, 1.82) is 0 Å². The van der Waals surface area contributed by atoms with E-state index in [1.54, 1.807) is 7.11 Å². The summed E-state index contributed by atoms with van der Waals surface area (Å²) >= 11 is 0. The third-order valence-electron chi connectivity index (χ3n) is 3.24. The van der Waals surface area contributed by atoms with Gasteiger partial charge in [-0.15, -0.1) is 24.0 Å². The van der Waals surface area contributed by atoms with Crippen molar-refractivity contribution in [1.82, 2.24) is 14.9 Å². The highest BCUT2D eigenvalue weighted by molar-refractivity contribution is 14.0. The molecule has 0 spiro atoms. The molecule has 1 aromatic rings. The van der Waals surface area contributed by atoms with E-state index in [-0.39, 0.29) is 24.0 Å². The largest absolute Gasteiger partial charge is 0.497 e. The summed E-state index contributed by atoms with van der Waals surface area (Å²) in [7, 11) is 0.489. The highest BCUT2D eigenvalue weighted by Gasteiger charge is 2.07. The maximum atomic E-state index is 11.0. The lowest BCUT2D eigenvalue weighted by Crippen LogP contribution is -2.38. The van der Waals surface area contributed by atoms with Gasteiger partial charge in [-0.3, -0.25) is 4.99 Å². The summed E-state index contributed by atoms with van der Waals surface area (Å²) in [5.41, 5.74) is 1.16. The number of hydrogen-bond donors (Lipinski definition) is 2. The molecule has 0 atom stereocenters. The number of ether oxygens (including phenoxy) is 1. The van der Waals surface area contributed by atoms with E-state index < -0.39 is 10.0 Å². The van der Waals surface area contributed by atoms with Crippen LogP contribution in [0.15, 0.2) is 29.3 Å². The highest BCUT2D eigenvalue weighted by Crippen LogP contribution is 2.12. The Morgan fingerprint density at radius 1 is 1.28 bits per heavy atom. The first-order chi connectivity index (χ1) is 11.4. The monoisotopic (exact) mass is 484 g/mol. The number of aliphatic imine (C=N–C) groups is 1. The second-order valence-electron chi connectivity index (χ2n) is 5.46. The smallest absolute Gasteiger partial charge is 0.208 e. The van der Waals surface area contributed by atoms with Crippen molar-refractivity contribution >= 4 is 40.0 Å². The van der Waals surface area contributed by atoms with Gasteiger partial charge < -0.3 is 15.0 Å². The van der Waals surface area contributed by atoms with Gasteiger partial charge in [-0.05, 0) is 31.0 Å². The summed E-state index contributed by atoms with van der Waals surface area (Å²) in [6, 6.07) is 7.91. The average molecular weight is 484 g/mol. The van der Waals surface area contributed by atoms with E-state index in [2.05, 4.69) is 15.0 Å². The van der Waals surface area contributed by atoms with Crippen molar-refractivity contribution in [2.45, 2.75) is 19.9 Å². The van der Waals surface area contributed by atoms with Crippen molar-refractivity contribution in [3.05, 3.63) is 29.8 Å². The molecular weight excluding hydrogens is 455 g/mol. The molecule has 1 aromatic carbocycles. The van der Waals surface area contributed by atoms with Crippen molar-refractivity contribution in [3.8, 4) is 5.75 Å². The number of rotatable bonds is 9. The zero-order chi connectivity index (χ0) is 18.0. The Balaban J connectivity index is 0.00000576. The number of benzene rings is 1. The number of guanidine groups is 1. The molecule has 0 saturated carbocycles. The summed E-state index contributed by atoms with van der Waals surface area (Å²) in [5.74, 6) is 1.63. The number of methoxy groups -OCH3 is 1. The molecule has 0 aliphatic heterocycles. The summed E-state index contributed by atoms with van der Waals surface area (Å²) in [6.45, 7) is 4.45. The summed E-state index contributed by atoms with van der Waals surface area (Å²) < 4.78 is 29.6. The molecule has 1 rings (SSSR count). The molecule has 0 bridgehead atoms. The average Bonchev–Trinajstić information content (AvgIpc) is 2.53. The van der Waals surface area contributed by atoms with Gasteiger partial charge in [0.15, 0.2) is 5.96 Å². The first kappa shape index (κ1) is 23.9. The van der Waals surface area contributed by atoms with E-state index in [4.69, 9.17) is 4.74 Å². The maximum absolute atomic E-state index is 11.0. The van der Waals surface area contributed by atoms with E-state index in [0.717, 1.165) is 36.6 Å². The summed E-state index contributed by atoms with van der Waals surface area (Å²) in [5, 5.41) is 3.24. The molecule has 0 radical (unpaired) electrons. The molecule has 144 valence electrons. The van der Waals surface area contributed by atoms with Crippen LogP contribution in [0.1, 0.15) is 18.9 Å². The van der Waals surface area contributed by atoms with Crippen LogP contribution in [0.4, 0.5) is 0 Å². The first-order valence-electron chi connectivity index (χ1n) is 7.92. The van der Waals surface area contributed by atoms with Crippen LogP contribution in [0.3, 0.4) is 0 Å². The van der Waals surface area contributed by atoms with Crippen LogP contribution < -0.4 is 14.8 Å². The second kappa shape index (κ2) is 12.3. The standard InChI is InChI=1S/C16H28N4O3S.HI/c1-5-17-16(18-11-6-12-19-24(4,21)22)20(2)13-14-7-9-15(23-3)10-8-14;/h7-10,19H,5-6,11-13H2,1-4H3,(H,17,18);1H. The molecule has 0 aliphatic carbocycles. The van der Waals surface area contributed by atoms with Gasteiger partial charge in [0.1, 0.15) is 5.75 Å². The molecule has 0 saturated heterocycles. The van der Waals surface area contributed by atoms with Crippen LogP contribution in [0, 0.1) is 0 Å². The number of nitrogens with zero attached hydrogens (tertiary/aromatic N) is 2.